The van der Waals surface area contributed by atoms with E-state index in [2.05, 4.69) is 18.5 Å². The topological polar surface area (TPSA) is 18.0 Å². The predicted molar refractivity (Wildman–Crippen MR) is 42.6 cm³/mol. The Morgan fingerprint density at radius 3 is 2.55 bits per heavy atom. The average Bonchev–Trinajstić information content (AvgIpc) is 2.26. The van der Waals surface area contributed by atoms with Gasteiger partial charge in [0, 0.05) is 6.92 Å². The molecule has 0 aliphatic carbocycles. The lowest BCUT2D eigenvalue weighted by Crippen LogP contribution is -2.42. The van der Waals surface area contributed by atoms with E-state index in [9.17, 15) is 0 Å². The SMILES string of the molecule is CC[n+]1c(C)cc(OC)n1C. The molecule has 0 N–H and O–H groups in total. The minimum absolute atomic E-state index is 0.907. The summed E-state index contributed by atoms with van der Waals surface area (Å²) in [6, 6.07) is 2.03. The summed E-state index contributed by atoms with van der Waals surface area (Å²) in [7, 11) is 3.68. The van der Waals surface area contributed by atoms with E-state index in [0.29, 0.717) is 0 Å². The van der Waals surface area contributed by atoms with Gasteiger partial charge in [0.05, 0.1) is 20.2 Å². The number of rotatable bonds is 2. The molecule has 0 atom stereocenters. The number of nitrogens with zero attached hydrogens (tertiary/aromatic N) is 2. The van der Waals surface area contributed by atoms with Gasteiger partial charge in [0.1, 0.15) is 0 Å². The van der Waals surface area contributed by atoms with Crippen LogP contribution in [0.3, 0.4) is 0 Å². The summed E-state index contributed by atoms with van der Waals surface area (Å²) in [5.74, 6) is 0.907. The van der Waals surface area contributed by atoms with Crippen molar-refractivity contribution in [2.45, 2.75) is 20.4 Å². The van der Waals surface area contributed by atoms with Crippen molar-refractivity contribution in [2.75, 3.05) is 7.11 Å². The smallest absolute Gasteiger partial charge is 0.252 e. The van der Waals surface area contributed by atoms with Gasteiger partial charge in [0.2, 0.25) is 5.69 Å². The van der Waals surface area contributed by atoms with Crippen molar-refractivity contribution in [1.29, 1.82) is 0 Å². The summed E-state index contributed by atoms with van der Waals surface area (Å²) in [5.41, 5.74) is 1.23. The lowest BCUT2D eigenvalue weighted by Gasteiger charge is -1.97. The lowest BCUT2D eigenvalue weighted by atomic mass is 10.5. The summed E-state index contributed by atoms with van der Waals surface area (Å²) in [6.45, 7) is 5.17. The second kappa shape index (κ2) is 2.95. The molecule has 0 saturated carbocycles. The maximum atomic E-state index is 5.15. The van der Waals surface area contributed by atoms with Crippen molar-refractivity contribution in [3.63, 3.8) is 0 Å². The van der Waals surface area contributed by atoms with Crippen LogP contribution in [-0.2, 0) is 13.6 Å². The van der Waals surface area contributed by atoms with E-state index in [1.165, 1.54) is 5.69 Å². The Bertz CT molecular complexity index is 253. The molecule has 0 aliphatic heterocycles. The molecule has 0 radical (unpaired) electrons. The number of hydrogen-bond donors (Lipinski definition) is 0. The van der Waals surface area contributed by atoms with Crippen LogP contribution in [-0.4, -0.2) is 11.8 Å². The normalized spacial score (nSPS) is 10.2. The number of methoxy groups -OCH3 is 1. The largest absolute Gasteiger partial charge is 0.479 e. The van der Waals surface area contributed by atoms with Crippen molar-refractivity contribution in [1.82, 2.24) is 4.68 Å². The van der Waals surface area contributed by atoms with E-state index < -0.39 is 0 Å². The zero-order chi connectivity index (χ0) is 8.43. The first-order valence-electron chi connectivity index (χ1n) is 3.81. The van der Waals surface area contributed by atoms with Crippen LogP contribution in [0.1, 0.15) is 12.6 Å². The minimum atomic E-state index is 0.907. The van der Waals surface area contributed by atoms with Crippen LogP contribution in [0.2, 0.25) is 0 Å². The standard InChI is InChI=1S/C8H15N2O/c1-5-10-7(2)6-8(11-4)9(10)3/h6H,5H2,1-4H3/q+1. The molecule has 0 amide bonds. The second-order valence-electron chi connectivity index (χ2n) is 2.57. The minimum Gasteiger partial charge on any atom is -0.479 e. The van der Waals surface area contributed by atoms with Crippen LogP contribution in [0.15, 0.2) is 6.07 Å². The van der Waals surface area contributed by atoms with E-state index >= 15 is 0 Å². The fourth-order valence-corrected chi connectivity index (χ4v) is 1.35. The number of aryl methyl sites for hydroxylation is 1. The average molecular weight is 155 g/mol. The van der Waals surface area contributed by atoms with Gasteiger partial charge >= 0.3 is 0 Å². The third-order valence-electron chi connectivity index (χ3n) is 1.93. The quantitative estimate of drug-likeness (QED) is 0.573. The van der Waals surface area contributed by atoms with Crippen LogP contribution >= 0.6 is 0 Å². The number of ether oxygens (including phenoxy) is 1. The fraction of sp³-hybridized carbons (Fsp3) is 0.625. The van der Waals surface area contributed by atoms with Gasteiger partial charge in [0.25, 0.3) is 5.88 Å². The number of hydrogen-bond acceptors (Lipinski definition) is 1. The van der Waals surface area contributed by atoms with Crippen molar-refractivity contribution in [2.24, 2.45) is 7.05 Å². The van der Waals surface area contributed by atoms with Gasteiger partial charge in [-0.3, -0.25) is 0 Å². The monoisotopic (exact) mass is 155 g/mol. The Hall–Kier alpha value is -0.990. The maximum absolute atomic E-state index is 5.15. The van der Waals surface area contributed by atoms with Gasteiger partial charge in [-0.15, -0.1) is 9.36 Å². The summed E-state index contributed by atoms with van der Waals surface area (Å²) in [4.78, 5) is 0. The summed E-state index contributed by atoms with van der Waals surface area (Å²) in [5, 5.41) is 0. The highest BCUT2D eigenvalue weighted by Crippen LogP contribution is 2.07. The molecule has 62 valence electrons. The first kappa shape index (κ1) is 8.11. The van der Waals surface area contributed by atoms with Crippen molar-refractivity contribution in [3.8, 4) is 5.88 Å². The Kier molecular flexibility index (Phi) is 2.17. The van der Waals surface area contributed by atoms with Crippen LogP contribution in [0.25, 0.3) is 0 Å². The van der Waals surface area contributed by atoms with Gasteiger partial charge in [0.15, 0.2) is 6.54 Å². The van der Waals surface area contributed by atoms with Crippen molar-refractivity contribution < 1.29 is 9.42 Å². The first-order valence-corrected chi connectivity index (χ1v) is 3.81. The molecule has 3 heteroatoms. The van der Waals surface area contributed by atoms with E-state index in [0.717, 1.165) is 12.4 Å². The lowest BCUT2D eigenvalue weighted by molar-refractivity contribution is -0.775. The maximum Gasteiger partial charge on any atom is 0.252 e. The van der Waals surface area contributed by atoms with Gasteiger partial charge < -0.3 is 4.74 Å². The Morgan fingerprint density at radius 1 is 1.64 bits per heavy atom. The summed E-state index contributed by atoms with van der Waals surface area (Å²) >= 11 is 0. The molecular weight excluding hydrogens is 140 g/mol. The molecule has 1 aromatic rings. The first-order chi connectivity index (χ1) is 5.20. The molecule has 0 aromatic carbocycles. The van der Waals surface area contributed by atoms with Crippen LogP contribution in [0.4, 0.5) is 0 Å². The third-order valence-corrected chi connectivity index (χ3v) is 1.93. The van der Waals surface area contributed by atoms with Gasteiger partial charge in [-0.25, -0.2) is 0 Å². The van der Waals surface area contributed by atoms with Crippen molar-refractivity contribution in [3.05, 3.63) is 11.8 Å². The highest BCUT2D eigenvalue weighted by Gasteiger charge is 2.14. The molecular formula is C8H15N2O+. The predicted octanol–water partition coefficient (Wildman–Crippen LogP) is 0.650. The molecule has 0 fully saturated rings. The molecule has 0 spiro atoms. The molecule has 0 saturated heterocycles. The van der Waals surface area contributed by atoms with E-state index in [-0.39, 0.29) is 0 Å². The molecule has 0 unspecified atom stereocenters. The second-order valence-corrected chi connectivity index (χ2v) is 2.57. The molecule has 1 rings (SSSR count). The summed E-state index contributed by atoms with van der Waals surface area (Å²) in [6.07, 6.45) is 0. The molecule has 3 nitrogen and oxygen atoms in total. The van der Waals surface area contributed by atoms with Crippen LogP contribution < -0.4 is 9.42 Å². The molecule has 0 aliphatic rings. The third kappa shape index (κ3) is 1.23. The Balaban J connectivity index is 3.14. The number of aromatic nitrogens is 2. The van der Waals surface area contributed by atoms with Crippen LogP contribution in [0, 0.1) is 6.92 Å². The summed E-state index contributed by atoms with van der Waals surface area (Å²) < 4.78 is 9.31. The molecule has 1 heterocycles. The Morgan fingerprint density at radius 2 is 2.27 bits per heavy atom. The van der Waals surface area contributed by atoms with E-state index in [1.807, 2.05) is 17.8 Å². The highest BCUT2D eigenvalue weighted by molar-refractivity contribution is 5.09. The zero-order valence-corrected chi connectivity index (χ0v) is 7.59. The van der Waals surface area contributed by atoms with Crippen LogP contribution in [0.5, 0.6) is 5.88 Å². The van der Waals surface area contributed by atoms with Gasteiger partial charge in [-0.1, -0.05) is 0 Å². The van der Waals surface area contributed by atoms with Gasteiger partial charge in [-0.05, 0) is 6.92 Å². The fourth-order valence-electron chi connectivity index (χ4n) is 1.35. The highest BCUT2D eigenvalue weighted by atomic mass is 16.5. The Labute approximate surface area is 67.2 Å². The van der Waals surface area contributed by atoms with Crippen molar-refractivity contribution >= 4 is 0 Å². The molecule has 11 heavy (non-hydrogen) atoms. The van der Waals surface area contributed by atoms with E-state index in [4.69, 9.17) is 4.74 Å². The molecule has 1 aromatic heterocycles. The molecule has 0 bridgehead atoms. The zero-order valence-electron chi connectivity index (χ0n) is 7.59. The van der Waals surface area contributed by atoms with Gasteiger partial charge in [-0.2, -0.15) is 0 Å². The van der Waals surface area contributed by atoms with E-state index in [1.54, 1.807) is 7.11 Å².